The highest BCUT2D eigenvalue weighted by Gasteiger charge is 1.99. The predicted molar refractivity (Wildman–Crippen MR) is 31.3 cm³/mol. The Morgan fingerprint density at radius 1 is 1.40 bits per heavy atom. The monoisotopic (exact) mass is 137 g/mol. The molecule has 0 aliphatic rings. The number of nitrogens with zero attached hydrogens (tertiary/aromatic N) is 3. The highest BCUT2D eigenvalue weighted by molar-refractivity contribution is 5.67. The van der Waals surface area contributed by atoms with Gasteiger partial charge in [-0.3, -0.25) is 0 Å². The van der Waals surface area contributed by atoms with Crippen molar-refractivity contribution in [2.75, 3.05) is 0 Å². The van der Waals surface area contributed by atoms with Crippen molar-refractivity contribution in [1.29, 1.82) is 0 Å². The molecule has 2 aromatic rings. The zero-order valence-electron chi connectivity index (χ0n) is 4.85. The van der Waals surface area contributed by atoms with Gasteiger partial charge in [-0.2, -0.15) is 0 Å². The van der Waals surface area contributed by atoms with Gasteiger partial charge in [-0.1, -0.05) is 0 Å². The molecular weight excluding hydrogens is 134 g/mol. The van der Waals surface area contributed by atoms with Gasteiger partial charge in [0.1, 0.15) is 5.52 Å². The Morgan fingerprint density at radius 3 is 3.20 bits per heavy atom. The van der Waals surface area contributed by atoms with E-state index in [1.54, 1.807) is 0 Å². The van der Waals surface area contributed by atoms with Crippen molar-refractivity contribution in [3.05, 3.63) is 12.5 Å². The molecule has 5 heteroatoms. The molecule has 0 fully saturated rings. The Hall–Kier alpha value is -1.65. The first-order valence-electron chi connectivity index (χ1n) is 2.62. The molecule has 2 rings (SSSR count). The third kappa shape index (κ3) is 0.604. The minimum atomic E-state index is -0.151. The van der Waals surface area contributed by atoms with Gasteiger partial charge in [0, 0.05) is 6.07 Å². The second-order valence-corrected chi connectivity index (χ2v) is 1.75. The largest absolute Gasteiger partial charge is 0.492 e. The molecule has 0 bridgehead atoms. The summed E-state index contributed by atoms with van der Waals surface area (Å²) in [6, 6.07) is 1.38. The quantitative estimate of drug-likeness (QED) is 0.566. The highest BCUT2D eigenvalue weighted by atomic mass is 16.3. The first kappa shape index (κ1) is 5.16. The second kappa shape index (κ2) is 1.66. The summed E-state index contributed by atoms with van der Waals surface area (Å²) in [4.78, 5) is 3.75. The first-order chi connectivity index (χ1) is 4.86. The Labute approximate surface area is 55.3 Å². The smallest absolute Gasteiger partial charge is 0.266 e. The maximum atomic E-state index is 8.79. The fourth-order valence-corrected chi connectivity index (χ4v) is 0.670. The molecule has 0 aliphatic carbocycles. The third-order valence-electron chi connectivity index (χ3n) is 1.08. The van der Waals surface area contributed by atoms with Crippen molar-refractivity contribution in [1.82, 2.24) is 15.2 Å². The molecule has 5 nitrogen and oxygen atoms in total. The van der Waals surface area contributed by atoms with E-state index >= 15 is 0 Å². The predicted octanol–water partition coefficient (Wildman–Crippen LogP) is 0.323. The summed E-state index contributed by atoms with van der Waals surface area (Å²) in [5.41, 5.74) is 0.838. The van der Waals surface area contributed by atoms with E-state index in [-0.39, 0.29) is 5.88 Å². The maximum absolute atomic E-state index is 8.79. The van der Waals surface area contributed by atoms with Gasteiger partial charge in [0.2, 0.25) is 5.88 Å². The van der Waals surface area contributed by atoms with E-state index in [2.05, 4.69) is 15.2 Å². The van der Waals surface area contributed by atoms with Gasteiger partial charge >= 0.3 is 0 Å². The van der Waals surface area contributed by atoms with Crippen molar-refractivity contribution in [3.63, 3.8) is 0 Å². The number of hydrogen-bond donors (Lipinski definition) is 1. The summed E-state index contributed by atoms with van der Waals surface area (Å²) in [6.07, 6.45) is 1.25. The average Bonchev–Trinajstić information content (AvgIpc) is 2.33. The van der Waals surface area contributed by atoms with Gasteiger partial charge in [-0.15, -0.1) is 10.2 Å². The molecule has 0 atom stereocenters. The maximum Gasteiger partial charge on any atom is 0.266 e. The molecular formula is C5H3N3O2. The van der Waals surface area contributed by atoms with Crippen LogP contribution in [-0.2, 0) is 0 Å². The summed E-state index contributed by atoms with van der Waals surface area (Å²) in [5, 5.41) is 15.7. The molecule has 50 valence electrons. The minimum absolute atomic E-state index is 0.151. The van der Waals surface area contributed by atoms with Crippen LogP contribution in [0.3, 0.4) is 0 Å². The normalized spacial score (nSPS) is 10.4. The molecule has 10 heavy (non-hydrogen) atoms. The molecule has 0 unspecified atom stereocenters. The lowest BCUT2D eigenvalue weighted by Crippen LogP contribution is -1.79. The minimum Gasteiger partial charge on any atom is -0.492 e. The zero-order valence-corrected chi connectivity index (χ0v) is 4.85. The third-order valence-corrected chi connectivity index (χ3v) is 1.08. The van der Waals surface area contributed by atoms with Crippen LogP contribution in [0, 0.1) is 0 Å². The van der Waals surface area contributed by atoms with E-state index in [0.717, 1.165) is 0 Å². The first-order valence-corrected chi connectivity index (χ1v) is 2.62. The van der Waals surface area contributed by atoms with E-state index in [1.165, 1.54) is 12.5 Å². The number of aromatic nitrogens is 3. The average molecular weight is 137 g/mol. The van der Waals surface area contributed by atoms with Crippen LogP contribution < -0.4 is 0 Å². The molecule has 0 spiro atoms. The number of hydrogen-bond acceptors (Lipinski definition) is 5. The van der Waals surface area contributed by atoms with Crippen LogP contribution in [0.25, 0.3) is 11.2 Å². The molecule has 1 N–H and O–H groups in total. The lowest BCUT2D eigenvalue weighted by atomic mass is 10.5. The van der Waals surface area contributed by atoms with Crippen LogP contribution in [0.4, 0.5) is 0 Å². The van der Waals surface area contributed by atoms with Crippen LogP contribution in [0.15, 0.2) is 16.9 Å². The summed E-state index contributed by atoms with van der Waals surface area (Å²) in [5.74, 6) is -0.151. The lowest BCUT2D eigenvalue weighted by molar-refractivity contribution is 0.445. The second-order valence-electron chi connectivity index (χ2n) is 1.75. The fraction of sp³-hybridized carbons (Fsp3) is 0. The standard InChI is InChI=1S/C5H3N3O2/c9-4-1-3-5(8-7-4)10-2-6-3/h1-2H,(H,7,9). The van der Waals surface area contributed by atoms with Crippen molar-refractivity contribution in [2.45, 2.75) is 0 Å². The summed E-state index contributed by atoms with van der Waals surface area (Å²) < 4.78 is 4.78. The molecule has 0 amide bonds. The van der Waals surface area contributed by atoms with Gasteiger partial charge in [-0.05, 0) is 0 Å². The van der Waals surface area contributed by atoms with Crippen molar-refractivity contribution < 1.29 is 9.52 Å². The van der Waals surface area contributed by atoms with Crippen LogP contribution in [0.2, 0.25) is 0 Å². The Kier molecular flexibility index (Phi) is 0.858. The molecule has 2 heterocycles. The van der Waals surface area contributed by atoms with Crippen molar-refractivity contribution in [3.8, 4) is 5.88 Å². The van der Waals surface area contributed by atoms with Gasteiger partial charge in [0.15, 0.2) is 6.39 Å². The van der Waals surface area contributed by atoms with Crippen molar-refractivity contribution >= 4 is 11.2 Å². The summed E-state index contributed by atoms with van der Waals surface area (Å²) >= 11 is 0. The zero-order chi connectivity index (χ0) is 6.97. The van der Waals surface area contributed by atoms with E-state index < -0.39 is 0 Å². The van der Waals surface area contributed by atoms with Crippen LogP contribution in [-0.4, -0.2) is 20.3 Å². The van der Waals surface area contributed by atoms with Crippen LogP contribution >= 0.6 is 0 Å². The molecule has 0 aromatic carbocycles. The van der Waals surface area contributed by atoms with E-state index in [4.69, 9.17) is 9.52 Å². The van der Waals surface area contributed by atoms with E-state index in [1.807, 2.05) is 0 Å². The number of fused-ring (bicyclic) bond motifs is 1. The molecule has 0 saturated heterocycles. The van der Waals surface area contributed by atoms with Crippen LogP contribution in [0.1, 0.15) is 0 Å². The van der Waals surface area contributed by atoms with E-state index in [9.17, 15) is 0 Å². The van der Waals surface area contributed by atoms with E-state index in [0.29, 0.717) is 11.2 Å². The highest BCUT2D eigenvalue weighted by Crippen LogP contribution is 2.11. The topological polar surface area (TPSA) is 72.0 Å². The van der Waals surface area contributed by atoms with Gasteiger partial charge < -0.3 is 9.52 Å². The van der Waals surface area contributed by atoms with Gasteiger partial charge in [0.05, 0.1) is 0 Å². The summed E-state index contributed by atoms with van der Waals surface area (Å²) in [7, 11) is 0. The molecule has 2 aromatic heterocycles. The number of rotatable bonds is 0. The number of oxazole rings is 1. The SMILES string of the molecule is Oc1cc2ncoc2nn1. The van der Waals surface area contributed by atoms with Gasteiger partial charge in [-0.25, -0.2) is 4.98 Å². The fourth-order valence-electron chi connectivity index (χ4n) is 0.670. The van der Waals surface area contributed by atoms with Crippen molar-refractivity contribution in [2.24, 2.45) is 0 Å². The lowest BCUT2D eigenvalue weighted by Gasteiger charge is -1.84. The summed E-state index contributed by atoms with van der Waals surface area (Å²) in [6.45, 7) is 0. The molecule has 0 aliphatic heterocycles. The Morgan fingerprint density at radius 2 is 2.30 bits per heavy atom. The Balaban J connectivity index is 2.86. The van der Waals surface area contributed by atoms with Crippen LogP contribution in [0.5, 0.6) is 5.88 Å². The Bertz CT molecular complexity index is 356. The van der Waals surface area contributed by atoms with Gasteiger partial charge in [0.25, 0.3) is 5.71 Å². The number of aromatic hydroxyl groups is 1. The molecule has 0 saturated carbocycles. The molecule has 0 radical (unpaired) electrons.